The molecule has 0 fully saturated rings. The third kappa shape index (κ3) is 4.39. The second-order valence-corrected chi connectivity index (χ2v) is 2.21. The Labute approximate surface area is 60.1 Å². The van der Waals surface area contributed by atoms with Crippen LogP contribution >= 0.6 is 0 Å². The van der Waals surface area contributed by atoms with Crippen molar-refractivity contribution in [1.82, 2.24) is 4.89 Å². The maximum atomic E-state index is 10.4. The maximum absolute atomic E-state index is 10.4. The molecule has 0 heterocycles. The summed E-state index contributed by atoms with van der Waals surface area (Å²) in [5.74, 6) is -0.789. The zero-order valence-electron chi connectivity index (χ0n) is 5.23. The minimum absolute atomic E-state index is 0.789. The summed E-state index contributed by atoms with van der Waals surface area (Å²) in [5.41, 5.74) is 5.03. The van der Waals surface area contributed by atoms with E-state index in [1.54, 1.807) is 0 Å². The molecule has 0 radical (unpaired) electrons. The molecule has 0 saturated heterocycles. The molecule has 0 amide bonds. The lowest BCUT2D eigenvalue weighted by atomic mass is 10.4. The molecule has 0 aliphatic heterocycles. The molecule has 0 aromatic heterocycles. The fraction of sp³-hybridized carbons (Fsp3) is 0.667. The third-order valence-electron chi connectivity index (χ3n) is 0.585. The van der Waals surface area contributed by atoms with Crippen LogP contribution in [-0.2, 0) is 20.9 Å². The number of rotatable bonds is 3. The van der Waals surface area contributed by atoms with Gasteiger partial charge < -0.3 is 10.6 Å². The summed E-state index contributed by atoms with van der Waals surface area (Å²) in [6, 6.07) is -0.809. The normalized spacial score (nSPS) is 15.9. The van der Waals surface area contributed by atoms with Gasteiger partial charge in [-0.1, -0.05) is 0 Å². The summed E-state index contributed by atoms with van der Waals surface area (Å²) >= 11 is -2.35. The van der Waals surface area contributed by atoms with Gasteiger partial charge in [0, 0.05) is 0 Å². The quantitative estimate of drug-likeness (QED) is 0.352. The highest BCUT2D eigenvalue weighted by atomic mass is 32.2. The van der Waals surface area contributed by atoms with Gasteiger partial charge in [0.2, 0.25) is 0 Å². The number of hydrogen-bond acceptors (Lipinski definition) is 4. The highest BCUT2D eigenvalue weighted by molar-refractivity contribution is 7.76. The molecule has 0 aromatic rings. The van der Waals surface area contributed by atoms with E-state index in [4.69, 9.17) is 10.3 Å². The van der Waals surface area contributed by atoms with Crippen molar-refractivity contribution in [2.75, 3.05) is 0 Å². The van der Waals surface area contributed by atoms with Crippen LogP contribution in [-0.4, -0.2) is 20.8 Å². The van der Waals surface area contributed by atoms with E-state index in [0.717, 1.165) is 0 Å². The molecule has 0 aliphatic carbocycles. The fourth-order valence-electron chi connectivity index (χ4n) is 0.170. The Morgan fingerprint density at radius 2 is 2.40 bits per heavy atom. The van der Waals surface area contributed by atoms with E-state index in [-0.39, 0.29) is 0 Å². The zero-order valence-corrected chi connectivity index (χ0v) is 6.05. The number of carbonyl (C=O) groups excluding carboxylic acids is 1. The molecule has 2 atom stereocenters. The van der Waals surface area contributed by atoms with Crippen molar-refractivity contribution in [3.8, 4) is 0 Å². The summed E-state index contributed by atoms with van der Waals surface area (Å²) in [5, 5.41) is 0. The summed E-state index contributed by atoms with van der Waals surface area (Å²) in [6.45, 7) is 1.39. The lowest BCUT2D eigenvalue weighted by Crippen LogP contribution is -2.33. The molecule has 4 N–H and O–H groups in total. The van der Waals surface area contributed by atoms with Crippen molar-refractivity contribution in [3.63, 3.8) is 0 Å². The molecule has 10 heavy (non-hydrogen) atoms. The molecule has 0 bridgehead atoms. The monoisotopic (exact) mass is 168 g/mol. The highest BCUT2D eigenvalue weighted by Gasteiger charge is 2.09. The second kappa shape index (κ2) is 4.34. The van der Waals surface area contributed by atoms with Gasteiger partial charge in [-0.3, -0.25) is 4.55 Å². The Bertz CT molecular complexity index is 147. The number of nitrogens with one attached hydrogen (secondary N) is 1. The maximum Gasteiger partial charge on any atom is 0.342 e. The third-order valence-corrected chi connectivity index (χ3v) is 0.811. The molecule has 0 rings (SSSR count). The predicted octanol–water partition coefficient (Wildman–Crippen LogP) is -1.48. The molecule has 0 saturated carbocycles. The smallest absolute Gasteiger partial charge is 0.342 e. The first-order valence-corrected chi connectivity index (χ1v) is 3.47. The summed E-state index contributed by atoms with van der Waals surface area (Å²) in [7, 11) is 0. The van der Waals surface area contributed by atoms with E-state index in [0.29, 0.717) is 0 Å². The van der Waals surface area contributed by atoms with Gasteiger partial charge in [-0.05, 0) is 11.8 Å². The Morgan fingerprint density at radius 3 is 2.70 bits per heavy atom. The van der Waals surface area contributed by atoms with Crippen LogP contribution in [0.25, 0.3) is 0 Å². The van der Waals surface area contributed by atoms with E-state index in [9.17, 15) is 9.00 Å². The van der Waals surface area contributed by atoms with Gasteiger partial charge >= 0.3 is 5.97 Å². The van der Waals surface area contributed by atoms with E-state index in [2.05, 4.69) is 4.84 Å². The van der Waals surface area contributed by atoms with E-state index < -0.39 is 23.3 Å². The Morgan fingerprint density at radius 1 is 1.90 bits per heavy atom. The van der Waals surface area contributed by atoms with Gasteiger partial charge in [-0.2, -0.15) is 0 Å². The van der Waals surface area contributed by atoms with Crippen molar-refractivity contribution in [2.45, 2.75) is 13.0 Å². The van der Waals surface area contributed by atoms with Gasteiger partial charge in [-0.15, -0.1) is 0 Å². The Balaban J connectivity index is 3.50. The molecule has 0 aliphatic rings. The van der Waals surface area contributed by atoms with Crippen molar-refractivity contribution in [2.24, 2.45) is 5.73 Å². The van der Waals surface area contributed by atoms with Crippen molar-refractivity contribution in [1.29, 1.82) is 0 Å². The Hall–Kier alpha value is -0.500. The molecule has 7 heteroatoms. The average Bonchev–Trinajstić information content (AvgIpc) is 1.82. The number of carbonyl (C=O) groups is 1. The molecule has 1 unspecified atom stereocenters. The first kappa shape index (κ1) is 9.50. The average molecular weight is 168 g/mol. The molecule has 60 valence electrons. The van der Waals surface area contributed by atoms with Crippen LogP contribution in [0.2, 0.25) is 0 Å². The van der Waals surface area contributed by atoms with Crippen LogP contribution in [0.4, 0.5) is 0 Å². The predicted molar refractivity (Wildman–Crippen MR) is 33.6 cm³/mol. The minimum atomic E-state index is -2.35. The largest absolute Gasteiger partial charge is 0.354 e. The zero-order chi connectivity index (χ0) is 8.15. The van der Waals surface area contributed by atoms with Crippen LogP contribution in [0.1, 0.15) is 6.92 Å². The SMILES string of the molecule is C[C@H](N)C(=O)ONS(=O)O. The molecular weight excluding hydrogens is 160 g/mol. The second-order valence-electron chi connectivity index (χ2n) is 1.54. The fourth-order valence-corrected chi connectivity index (χ4v) is 0.323. The molecule has 6 nitrogen and oxygen atoms in total. The number of nitrogens with two attached hydrogens (primary N) is 1. The van der Waals surface area contributed by atoms with Crippen molar-refractivity contribution in [3.05, 3.63) is 0 Å². The summed E-state index contributed by atoms with van der Waals surface area (Å²) in [4.78, 5) is 15.9. The van der Waals surface area contributed by atoms with Crippen LogP contribution in [0, 0.1) is 0 Å². The Kier molecular flexibility index (Phi) is 4.12. The van der Waals surface area contributed by atoms with Gasteiger partial charge in [0.1, 0.15) is 6.04 Å². The first-order valence-electron chi connectivity index (χ1n) is 2.37. The summed E-state index contributed by atoms with van der Waals surface area (Å²) in [6.07, 6.45) is 0. The van der Waals surface area contributed by atoms with E-state index >= 15 is 0 Å². The van der Waals surface area contributed by atoms with Crippen LogP contribution in [0.3, 0.4) is 0 Å². The lowest BCUT2D eigenvalue weighted by Gasteiger charge is -2.02. The standard InChI is InChI=1S/C3H8N2O4S/c1-2(4)3(6)9-5-10(7)8/h2,5H,4H2,1H3,(H,7,8)/t2-/m0/s1. The van der Waals surface area contributed by atoms with Gasteiger partial charge in [-0.25, -0.2) is 9.00 Å². The van der Waals surface area contributed by atoms with Gasteiger partial charge in [0.25, 0.3) is 11.3 Å². The van der Waals surface area contributed by atoms with Crippen LogP contribution in [0.5, 0.6) is 0 Å². The van der Waals surface area contributed by atoms with E-state index in [1.165, 1.54) is 11.8 Å². The van der Waals surface area contributed by atoms with Crippen LogP contribution < -0.4 is 10.6 Å². The molecule has 0 aromatic carbocycles. The van der Waals surface area contributed by atoms with Crippen molar-refractivity contribution < 1.29 is 18.4 Å². The lowest BCUT2D eigenvalue weighted by molar-refractivity contribution is -0.148. The molecule has 0 spiro atoms. The summed E-state index contributed by atoms with van der Waals surface area (Å²) < 4.78 is 17.8. The van der Waals surface area contributed by atoms with Gasteiger partial charge in [0.15, 0.2) is 0 Å². The highest BCUT2D eigenvalue weighted by Crippen LogP contribution is 1.79. The first-order chi connectivity index (χ1) is 4.54. The molecular formula is C3H8N2O4S. The van der Waals surface area contributed by atoms with E-state index in [1.807, 2.05) is 0 Å². The van der Waals surface area contributed by atoms with Gasteiger partial charge in [0.05, 0.1) is 0 Å². The topological polar surface area (TPSA) is 102 Å². The van der Waals surface area contributed by atoms with Crippen LogP contribution in [0.15, 0.2) is 0 Å². The number of hydrogen-bond donors (Lipinski definition) is 3. The van der Waals surface area contributed by atoms with Crippen molar-refractivity contribution >= 4 is 17.2 Å². The minimum Gasteiger partial charge on any atom is -0.354 e.